The van der Waals surface area contributed by atoms with Gasteiger partial charge in [-0.25, -0.2) is 9.78 Å². The molecule has 6 rings (SSSR count). The molecular weight excluding hydrogens is 430 g/mol. The van der Waals surface area contributed by atoms with Crippen LogP contribution in [0.2, 0.25) is 0 Å². The molecule has 0 amide bonds. The average Bonchev–Trinajstić information content (AvgIpc) is 3.22. The van der Waals surface area contributed by atoms with E-state index in [2.05, 4.69) is 4.99 Å². The molecule has 7 heteroatoms. The van der Waals surface area contributed by atoms with Gasteiger partial charge < -0.3 is 14.4 Å². The predicted molar refractivity (Wildman–Crippen MR) is 128 cm³/mol. The Balaban J connectivity index is 1.53. The number of hydrogen-bond donors (Lipinski definition) is 1. The van der Waals surface area contributed by atoms with Gasteiger partial charge in [-0.15, -0.1) is 0 Å². The van der Waals surface area contributed by atoms with Crippen molar-refractivity contribution in [2.75, 3.05) is 0 Å². The number of nitrogens with zero attached hydrogens (tertiary/aromatic N) is 3. The summed E-state index contributed by atoms with van der Waals surface area (Å²) in [5.74, 6) is -0.726. The molecule has 1 N–H and O–H groups in total. The van der Waals surface area contributed by atoms with Gasteiger partial charge in [0.1, 0.15) is 6.61 Å². The van der Waals surface area contributed by atoms with Crippen LogP contribution < -0.4 is 5.56 Å². The summed E-state index contributed by atoms with van der Waals surface area (Å²) < 4.78 is 6.78. The van der Waals surface area contributed by atoms with Gasteiger partial charge >= 0.3 is 5.97 Å². The summed E-state index contributed by atoms with van der Waals surface area (Å²) >= 11 is 0. The van der Waals surface area contributed by atoms with E-state index in [0.717, 1.165) is 27.7 Å². The number of aliphatic imine (C=N–C) groups is 1. The Hall–Kier alpha value is -4.10. The number of cyclic esters (lactones) is 1. The first-order chi connectivity index (χ1) is 16.5. The van der Waals surface area contributed by atoms with Gasteiger partial charge in [-0.1, -0.05) is 43.3 Å². The Morgan fingerprint density at radius 2 is 1.97 bits per heavy atom. The summed E-state index contributed by atoms with van der Waals surface area (Å²) in [5, 5.41) is 12.0. The summed E-state index contributed by atoms with van der Waals surface area (Å²) in [7, 11) is 0. The van der Waals surface area contributed by atoms with E-state index in [4.69, 9.17) is 9.72 Å². The number of rotatable bonds is 3. The van der Waals surface area contributed by atoms with Gasteiger partial charge in [0.15, 0.2) is 5.60 Å². The van der Waals surface area contributed by atoms with Crippen molar-refractivity contribution in [3.63, 3.8) is 0 Å². The number of carbonyl (C=O) groups is 1. The van der Waals surface area contributed by atoms with Gasteiger partial charge in [-0.05, 0) is 30.7 Å². The number of hydrogen-bond acceptors (Lipinski definition) is 6. The number of aromatic nitrogens is 2. The predicted octanol–water partition coefficient (Wildman–Crippen LogP) is 3.83. The Kier molecular flexibility index (Phi) is 4.50. The van der Waals surface area contributed by atoms with Gasteiger partial charge in [-0.3, -0.25) is 9.79 Å². The Bertz CT molecular complexity index is 1570. The lowest BCUT2D eigenvalue weighted by Gasteiger charge is -2.31. The van der Waals surface area contributed by atoms with Crippen LogP contribution in [0.3, 0.4) is 0 Å². The van der Waals surface area contributed by atoms with E-state index in [1.807, 2.05) is 54.6 Å². The van der Waals surface area contributed by atoms with Crippen LogP contribution in [0.15, 0.2) is 70.5 Å². The highest BCUT2D eigenvalue weighted by molar-refractivity contribution is 5.99. The summed E-state index contributed by atoms with van der Waals surface area (Å²) in [6, 6.07) is 19.3. The molecule has 0 saturated carbocycles. The lowest BCUT2D eigenvalue weighted by molar-refractivity contribution is -0.172. The fraction of sp³-hybridized carbons (Fsp3) is 0.185. The summed E-state index contributed by atoms with van der Waals surface area (Å²) in [4.78, 5) is 35.2. The minimum Gasteiger partial charge on any atom is -0.458 e. The maximum atomic E-state index is 13.3. The van der Waals surface area contributed by atoms with Crippen molar-refractivity contribution in [1.29, 1.82) is 0 Å². The van der Waals surface area contributed by atoms with Gasteiger partial charge in [0.05, 0.1) is 34.7 Å². The topological polar surface area (TPSA) is 93.8 Å². The largest absolute Gasteiger partial charge is 0.458 e. The zero-order valence-corrected chi connectivity index (χ0v) is 18.5. The molecule has 0 aliphatic carbocycles. The molecule has 0 fully saturated rings. The van der Waals surface area contributed by atoms with E-state index < -0.39 is 11.6 Å². The normalized spacial score (nSPS) is 18.6. The van der Waals surface area contributed by atoms with Gasteiger partial charge in [0.2, 0.25) is 0 Å². The monoisotopic (exact) mass is 451 g/mol. The zero-order valence-electron chi connectivity index (χ0n) is 18.5. The van der Waals surface area contributed by atoms with Crippen molar-refractivity contribution in [2.45, 2.75) is 32.1 Å². The maximum Gasteiger partial charge on any atom is 0.343 e. The molecule has 0 saturated heterocycles. The van der Waals surface area contributed by atoms with Crippen LogP contribution in [-0.4, -0.2) is 26.8 Å². The van der Waals surface area contributed by atoms with Crippen molar-refractivity contribution in [3.8, 4) is 11.4 Å². The van der Waals surface area contributed by atoms with Crippen molar-refractivity contribution in [2.24, 2.45) is 4.99 Å². The number of carbonyl (C=O) groups excluding carboxylic acids is 1. The van der Waals surface area contributed by atoms with Crippen LogP contribution in [0.1, 0.15) is 35.6 Å². The first kappa shape index (κ1) is 20.5. The second-order valence-corrected chi connectivity index (χ2v) is 8.61. The van der Waals surface area contributed by atoms with Crippen LogP contribution in [0, 0.1) is 0 Å². The number of benzene rings is 2. The molecular formula is C27H21N3O4. The molecule has 0 radical (unpaired) electrons. The van der Waals surface area contributed by atoms with E-state index >= 15 is 0 Å². The van der Waals surface area contributed by atoms with E-state index in [0.29, 0.717) is 29.1 Å². The Morgan fingerprint density at radius 1 is 1.15 bits per heavy atom. The molecule has 7 nitrogen and oxygen atoms in total. The number of ether oxygens (including phenoxy) is 1. The van der Waals surface area contributed by atoms with Crippen molar-refractivity contribution in [1.82, 2.24) is 9.55 Å². The van der Waals surface area contributed by atoms with Crippen LogP contribution in [0.4, 0.5) is 5.69 Å². The Labute approximate surface area is 195 Å². The standard InChI is InChI=1S/C27H21N3O4/c1-2-27(33)21-12-22-24-18(14-30(22)25(31)20(21)15-34-26(27)32)11-16-7-6-8-17(23(16)29-24)13-28-19-9-4-3-5-10-19/h3-13,33H,2,14-15H2,1H3/t27-/m0/s1. The van der Waals surface area contributed by atoms with Crippen molar-refractivity contribution in [3.05, 3.63) is 93.3 Å². The van der Waals surface area contributed by atoms with Crippen LogP contribution in [-0.2, 0) is 28.3 Å². The van der Waals surface area contributed by atoms with Gasteiger partial charge in [0, 0.05) is 28.3 Å². The number of aliphatic hydroxyl groups is 1. The minimum absolute atomic E-state index is 0.111. The number of para-hydroxylation sites is 2. The number of esters is 1. The summed E-state index contributed by atoms with van der Waals surface area (Å²) in [6.07, 6.45) is 1.90. The fourth-order valence-electron chi connectivity index (χ4n) is 4.79. The third kappa shape index (κ3) is 2.94. The fourth-order valence-corrected chi connectivity index (χ4v) is 4.79. The highest BCUT2D eigenvalue weighted by Gasteiger charge is 2.45. The van der Waals surface area contributed by atoms with E-state index in [1.54, 1.807) is 23.8 Å². The second-order valence-electron chi connectivity index (χ2n) is 8.61. The quantitative estimate of drug-likeness (QED) is 0.332. The molecule has 2 aliphatic heterocycles. The van der Waals surface area contributed by atoms with Crippen molar-refractivity contribution >= 4 is 28.8 Å². The highest BCUT2D eigenvalue weighted by atomic mass is 16.6. The smallest absolute Gasteiger partial charge is 0.343 e. The first-order valence-corrected chi connectivity index (χ1v) is 11.2. The second kappa shape index (κ2) is 7.46. The van der Waals surface area contributed by atoms with E-state index in [-0.39, 0.29) is 18.6 Å². The van der Waals surface area contributed by atoms with Crippen LogP contribution >= 0.6 is 0 Å². The molecule has 4 aromatic rings. The third-order valence-electron chi connectivity index (χ3n) is 6.68. The molecule has 4 heterocycles. The van der Waals surface area contributed by atoms with Crippen molar-refractivity contribution < 1.29 is 14.6 Å². The lowest BCUT2D eigenvalue weighted by atomic mass is 9.86. The summed E-state index contributed by atoms with van der Waals surface area (Å²) in [6.45, 7) is 1.93. The molecule has 34 heavy (non-hydrogen) atoms. The van der Waals surface area contributed by atoms with E-state index in [9.17, 15) is 14.7 Å². The molecule has 0 unspecified atom stereocenters. The minimum atomic E-state index is -1.84. The average molecular weight is 451 g/mol. The molecule has 2 aromatic heterocycles. The van der Waals surface area contributed by atoms with Crippen LogP contribution in [0.5, 0.6) is 0 Å². The molecule has 2 aliphatic rings. The lowest BCUT2D eigenvalue weighted by Crippen LogP contribution is -2.44. The van der Waals surface area contributed by atoms with Gasteiger partial charge in [-0.2, -0.15) is 0 Å². The molecule has 0 bridgehead atoms. The maximum absolute atomic E-state index is 13.3. The highest BCUT2D eigenvalue weighted by Crippen LogP contribution is 2.38. The summed E-state index contributed by atoms with van der Waals surface area (Å²) in [5.41, 5.74) is 3.18. The molecule has 0 spiro atoms. The first-order valence-electron chi connectivity index (χ1n) is 11.2. The SMILES string of the molecule is CC[C@@]1(O)C(=O)OCc2c1cc1n(c2=O)Cc2cc3cccc(C=Nc4ccccc4)c3nc2-1. The molecule has 168 valence electrons. The zero-order chi connectivity index (χ0) is 23.4. The third-order valence-corrected chi connectivity index (χ3v) is 6.68. The van der Waals surface area contributed by atoms with E-state index in [1.165, 1.54) is 0 Å². The number of pyridine rings is 2. The molecule has 2 aromatic carbocycles. The van der Waals surface area contributed by atoms with Gasteiger partial charge in [0.25, 0.3) is 5.56 Å². The molecule has 1 atom stereocenters. The Morgan fingerprint density at radius 3 is 2.76 bits per heavy atom. The number of fused-ring (bicyclic) bond motifs is 5. The van der Waals surface area contributed by atoms with Crippen LogP contribution in [0.25, 0.3) is 22.3 Å².